The van der Waals surface area contributed by atoms with Crippen molar-refractivity contribution in [3.63, 3.8) is 0 Å². The van der Waals surface area contributed by atoms with E-state index in [9.17, 15) is 4.39 Å². The number of nitrogens with zero attached hydrogens (tertiary/aromatic N) is 1. The van der Waals surface area contributed by atoms with Gasteiger partial charge in [-0.2, -0.15) is 0 Å². The number of nitrogens with one attached hydrogen (secondary N) is 1. The van der Waals surface area contributed by atoms with Crippen LogP contribution >= 0.6 is 11.6 Å². The van der Waals surface area contributed by atoms with Gasteiger partial charge >= 0.3 is 0 Å². The van der Waals surface area contributed by atoms with Crippen LogP contribution in [0.3, 0.4) is 0 Å². The average molecular weight is 301 g/mol. The van der Waals surface area contributed by atoms with Gasteiger partial charge in [0.15, 0.2) is 0 Å². The molecule has 0 bridgehead atoms. The molecule has 2 nitrogen and oxygen atoms in total. The lowest BCUT2D eigenvalue weighted by atomic mass is 10.1. The molecule has 0 spiro atoms. The zero-order valence-corrected chi connectivity index (χ0v) is 12.2. The van der Waals surface area contributed by atoms with E-state index in [4.69, 9.17) is 11.6 Å². The van der Waals surface area contributed by atoms with Crippen LogP contribution in [0.15, 0.2) is 54.7 Å². The van der Waals surface area contributed by atoms with Crippen LogP contribution in [0.25, 0.3) is 10.9 Å². The summed E-state index contributed by atoms with van der Waals surface area (Å²) in [5.74, 6) is -0.236. The van der Waals surface area contributed by atoms with Crippen LogP contribution in [-0.4, -0.2) is 4.98 Å². The van der Waals surface area contributed by atoms with E-state index in [1.54, 1.807) is 12.3 Å². The van der Waals surface area contributed by atoms with Crippen molar-refractivity contribution in [1.29, 1.82) is 0 Å². The van der Waals surface area contributed by atoms with Crippen LogP contribution in [0.5, 0.6) is 0 Å². The number of pyridine rings is 1. The number of halogens is 2. The molecule has 3 rings (SSSR count). The van der Waals surface area contributed by atoms with Crippen molar-refractivity contribution in [3.8, 4) is 0 Å². The minimum absolute atomic E-state index is 0.0351. The van der Waals surface area contributed by atoms with Crippen molar-refractivity contribution in [2.45, 2.75) is 13.0 Å². The lowest BCUT2D eigenvalue weighted by molar-refractivity contribution is 0.623. The Hall–Kier alpha value is -2.13. The summed E-state index contributed by atoms with van der Waals surface area (Å²) in [6, 6.07) is 14.1. The van der Waals surface area contributed by atoms with Gasteiger partial charge in [0, 0.05) is 17.6 Å². The van der Waals surface area contributed by atoms with E-state index >= 15 is 0 Å². The number of benzene rings is 2. The highest BCUT2D eigenvalue weighted by Gasteiger charge is 2.10. The maximum absolute atomic E-state index is 13.3. The minimum Gasteiger partial charge on any atom is -0.377 e. The molecule has 2 aromatic carbocycles. The topological polar surface area (TPSA) is 24.9 Å². The zero-order valence-electron chi connectivity index (χ0n) is 11.5. The second-order valence-electron chi connectivity index (χ2n) is 4.92. The van der Waals surface area contributed by atoms with Crippen molar-refractivity contribution < 1.29 is 4.39 Å². The van der Waals surface area contributed by atoms with Crippen molar-refractivity contribution in [3.05, 3.63) is 71.1 Å². The fourth-order valence-electron chi connectivity index (χ4n) is 2.35. The summed E-state index contributed by atoms with van der Waals surface area (Å²) in [6.45, 7) is 1.98. The first-order valence-electron chi connectivity index (χ1n) is 6.70. The van der Waals surface area contributed by atoms with Gasteiger partial charge in [0.2, 0.25) is 0 Å². The fourth-order valence-corrected chi connectivity index (χ4v) is 2.56. The van der Waals surface area contributed by atoms with E-state index in [-0.39, 0.29) is 11.9 Å². The minimum atomic E-state index is -0.236. The Morgan fingerprint density at radius 1 is 1.14 bits per heavy atom. The molecule has 0 aliphatic heterocycles. The molecule has 0 amide bonds. The van der Waals surface area contributed by atoms with Gasteiger partial charge in [-0.15, -0.1) is 0 Å². The Bertz CT molecular complexity index is 789. The highest BCUT2D eigenvalue weighted by atomic mass is 35.5. The molecule has 0 aliphatic rings. The van der Waals surface area contributed by atoms with Crippen molar-refractivity contribution in [2.75, 3.05) is 5.32 Å². The highest BCUT2D eigenvalue weighted by molar-refractivity contribution is 6.35. The smallest absolute Gasteiger partial charge is 0.123 e. The molecule has 0 fully saturated rings. The molecule has 106 valence electrons. The number of hydrogen-bond donors (Lipinski definition) is 1. The van der Waals surface area contributed by atoms with Gasteiger partial charge in [0.05, 0.1) is 16.2 Å². The number of rotatable bonds is 3. The normalized spacial score (nSPS) is 12.3. The van der Waals surface area contributed by atoms with Crippen molar-refractivity contribution >= 4 is 28.2 Å². The molecule has 0 aliphatic carbocycles. The first kappa shape index (κ1) is 13.8. The second kappa shape index (κ2) is 5.70. The maximum Gasteiger partial charge on any atom is 0.123 e. The van der Waals surface area contributed by atoms with Crippen LogP contribution in [0.1, 0.15) is 18.5 Å². The molecule has 21 heavy (non-hydrogen) atoms. The number of anilines is 1. The summed E-state index contributed by atoms with van der Waals surface area (Å²) in [7, 11) is 0. The lowest BCUT2D eigenvalue weighted by Gasteiger charge is -2.17. The molecule has 1 aromatic heterocycles. The summed E-state index contributed by atoms with van der Waals surface area (Å²) in [5, 5.41) is 4.94. The number of hydrogen-bond acceptors (Lipinski definition) is 2. The van der Waals surface area contributed by atoms with Crippen molar-refractivity contribution in [2.24, 2.45) is 0 Å². The third kappa shape index (κ3) is 2.83. The Morgan fingerprint density at radius 2 is 2.00 bits per heavy atom. The number of aromatic nitrogens is 1. The third-order valence-corrected chi connectivity index (χ3v) is 3.77. The van der Waals surface area contributed by atoms with Gasteiger partial charge in [-0.3, -0.25) is 4.98 Å². The van der Waals surface area contributed by atoms with E-state index in [0.717, 1.165) is 22.2 Å². The molecule has 0 saturated heterocycles. The van der Waals surface area contributed by atoms with E-state index in [2.05, 4.69) is 10.3 Å². The first-order valence-corrected chi connectivity index (χ1v) is 7.08. The summed E-state index contributed by atoms with van der Waals surface area (Å²) in [4.78, 5) is 4.39. The highest BCUT2D eigenvalue weighted by Crippen LogP contribution is 2.30. The van der Waals surface area contributed by atoms with E-state index in [0.29, 0.717) is 5.02 Å². The predicted octanol–water partition coefficient (Wildman–Crippen LogP) is 5.20. The summed E-state index contributed by atoms with van der Waals surface area (Å²) < 4.78 is 13.3. The molecular formula is C17H14ClFN2. The van der Waals surface area contributed by atoms with Gasteiger partial charge < -0.3 is 5.32 Å². The fraction of sp³-hybridized carbons (Fsp3) is 0.118. The Labute approximate surface area is 127 Å². The quantitative estimate of drug-likeness (QED) is 0.719. The van der Waals surface area contributed by atoms with E-state index < -0.39 is 0 Å². The first-order chi connectivity index (χ1) is 10.1. The monoisotopic (exact) mass is 300 g/mol. The second-order valence-corrected chi connectivity index (χ2v) is 5.32. The molecule has 3 aromatic rings. The van der Waals surface area contributed by atoms with Gasteiger partial charge in [0.25, 0.3) is 0 Å². The summed E-state index contributed by atoms with van der Waals surface area (Å²) in [5.41, 5.74) is 2.58. The van der Waals surface area contributed by atoms with Crippen LogP contribution < -0.4 is 5.32 Å². The SMILES string of the molecule is CC(Nc1ccc(Cl)c2cccnc12)c1cccc(F)c1. The van der Waals surface area contributed by atoms with Gasteiger partial charge in [-0.25, -0.2) is 4.39 Å². The van der Waals surface area contributed by atoms with Gasteiger partial charge in [-0.05, 0) is 48.9 Å². The Kier molecular flexibility index (Phi) is 3.76. The standard InChI is InChI=1S/C17H14ClFN2/c1-11(12-4-2-5-13(19)10-12)21-16-8-7-15(18)14-6-3-9-20-17(14)16/h2-11,21H,1H3. The van der Waals surface area contributed by atoms with Crippen LogP contribution in [-0.2, 0) is 0 Å². The zero-order chi connectivity index (χ0) is 14.8. The lowest BCUT2D eigenvalue weighted by Crippen LogP contribution is -2.07. The molecule has 1 unspecified atom stereocenters. The summed E-state index contributed by atoms with van der Waals surface area (Å²) >= 11 is 6.19. The number of fused-ring (bicyclic) bond motifs is 1. The Balaban J connectivity index is 1.97. The average Bonchev–Trinajstić information content (AvgIpc) is 2.50. The van der Waals surface area contributed by atoms with Crippen LogP contribution in [0, 0.1) is 5.82 Å². The molecule has 1 heterocycles. The molecule has 1 atom stereocenters. The van der Waals surface area contributed by atoms with Crippen LogP contribution in [0.2, 0.25) is 5.02 Å². The predicted molar refractivity (Wildman–Crippen MR) is 85.2 cm³/mol. The largest absolute Gasteiger partial charge is 0.377 e. The molecule has 0 radical (unpaired) electrons. The van der Waals surface area contributed by atoms with E-state index in [1.165, 1.54) is 12.1 Å². The van der Waals surface area contributed by atoms with Crippen LogP contribution in [0.4, 0.5) is 10.1 Å². The molecular weight excluding hydrogens is 287 g/mol. The molecule has 4 heteroatoms. The maximum atomic E-state index is 13.3. The van der Waals surface area contributed by atoms with E-state index in [1.807, 2.05) is 37.3 Å². The molecule has 0 saturated carbocycles. The third-order valence-electron chi connectivity index (χ3n) is 3.44. The molecule has 1 N–H and O–H groups in total. The van der Waals surface area contributed by atoms with Gasteiger partial charge in [0.1, 0.15) is 5.82 Å². The summed E-state index contributed by atoms with van der Waals surface area (Å²) in [6.07, 6.45) is 1.73. The Morgan fingerprint density at radius 3 is 2.81 bits per heavy atom. The van der Waals surface area contributed by atoms with Gasteiger partial charge in [-0.1, -0.05) is 23.7 Å². The van der Waals surface area contributed by atoms with Crippen molar-refractivity contribution in [1.82, 2.24) is 4.98 Å².